The second kappa shape index (κ2) is 5.95. The largest absolute Gasteiger partial charge is 0.496 e. The fourth-order valence-corrected chi connectivity index (χ4v) is 2.86. The summed E-state index contributed by atoms with van der Waals surface area (Å²) in [4.78, 5) is 26.8. The van der Waals surface area contributed by atoms with Crippen molar-refractivity contribution >= 4 is 23.4 Å². The number of aromatic nitrogens is 3. The average molecular weight is 328 g/mol. The number of pyridine rings is 1. The Balaban J connectivity index is 2.04. The van der Waals surface area contributed by atoms with Crippen LogP contribution in [0.15, 0.2) is 12.4 Å². The van der Waals surface area contributed by atoms with E-state index >= 15 is 0 Å². The maximum absolute atomic E-state index is 12.2. The molecule has 1 unspecified atom stereocenters. The molecule has 126 valence electrons. The first-order valence-electron chi connectivity index (χ1n) is 7.61. The highest BCUT2D eigenvalue weighted by Gasteiger charge is 2.32. The fraction of sp³-hybridized carbons (Fsp3) is 0.375. The molecule has 0 radical (unpaired) electrons. The van der Waals surface area contributed by atoms with E-state index in [0.717, 1.165) is 22.6 Å². The number of methoxy groups -OCH3 is 1. The van der Waals surface area contributed by atoms with Crippen LogP contribution in [-0.4, -0.2) is 34.0 Å². The van der Waals surface area contributed by atoms with Gasteiger partial charge >= 0.3 is 0 Å². The number of fused-ring (bicyclic) bond motifs is 1. The zero-order chi connectivity index (χ0) is 17.4. The van der Waals surface area contributed by atoms with Gasteiger partial charge in [-0.1, -0.05) is 0 Å². The van der Waals surface area contributed by atoms with E-state index in [-0.39, 0.29) is 11.9 Å². The Kier molecular flexibility index (Phi) is 3.96. The summed E-state index contributed by atoms with van der Waals surface area (Å²) in [5.74, 6) is 1.44. The van der Waals surface area contributed by atoms with Crippen LogP contribution in [0.1, 0.15) is 23.7 Å². The number of ether oxygens (including phenoxy) is 1. The number of hydrogen-bond acceptors (Lipinski definition) is 7. The molecule has 0 aliphatic carbocycles. The number of nitrogen functional groups attached to an aromatic ring is 1. The van der Waals surface area contributed by atoms with Gasteiger partial charge in [-0.25, -0.2) is 4.98 Å². The van der Waals surface area contributed by atoms with Gasteiger partial charge in [-0.3, -0.25) is 9.78 Å². The summed E-state index contributed by atoms with van der Waals surface area (Å²) in [6, 6.07) is -0.403. The lowest BCUT2D eigenvalue weighted by Gasteiger charge is -2.35. The summed E-state index contributed by atoms with van der Waals surface area (Å²) < 4.78 is 5.46. The number of carbonyl (C=O) groups excluding carboxylic acids is 1. The van der Waals surface area contributed by atoms with Crippen molar-refractivity contribution < 1.29 is 9.53 Å². The van der Waals surface area contributed by atoms with Crippen LogP contribution in [0, 0.1) is 13.8 Å². The van der Waals surface area contributed by atoms with Crippen molar-refractivity contribution in [3.05, 3.63) is 29.2 Å². The Hall–Kier alpha value is -2.90. The lowest BCUT2D eigenvalue weighted by atomic mass is 10.1. The summed E-state index contributed by atoms with van der Waals surface area (Å²) >= 11 is 0. The molecule has 0 fully saturated rings. The molecule has 1 amide bonds. The number of nitrogens with one attached hydrogen (secondary N) is 1. The van der Waals surface area contributed by atoms with E-state index in [1.165, 1.54) is 6.20 Å². The number of nitrogens with two attached hydrogens (primary N) is 1. The van der Waals surface area contributed by atoms with Crippen LogP contribution in [0.4, 0.5) is 17.5 Å². The molecule has 3 heterocycles. The number of nitrogens with zero attached hydrogens (tertiary/aromatic N) is 4. The van der Waals surface area contributed by atoms with Gasteiger partial charge in [-0.15, -0.1) is 0 Å². The third kappa shape index (κ3) is 2.60. The molecule has 2 aromatic rings. The van der Waals surface area contributed by atoms with Crippen LogP contribution in [0.2, 0.25) is 0 Å². The highest BCUT2D eigenvalue weighted by atomic mass is 16.5. The van der Waals surface area contributed by atoms with Gasteiger partial charge in [0.1, 0.15) is 17.5 Å². The number of aryl methyl sites for hydroxylation is 1. The second-order valence-electron chi connectivity index (χ2n) is 5.80. The minimum atomic E-state index is -0.403. The first-order chi connectivity index (χ1) is 11.4. The van der Waals surface area contributed by atoms with Crippen LogP contribution in [0.5, 0.6) is 5.75 Å². The van der Waals surface area contributed by atoms with Gasteiger partial charge in [0.15, 0.2) is 5.82 Å². The predicted octanol–water partition coefficient (Wildman–Crippen LogP) is 1.43. The molecule has 3 N–H and O–H groups in total. The summed E-state index contributed by atoms with van der Waals surface area (Å²) in [6.45, 7) is 6.14. The van der Waals surface area contributed by atoms with Crippen molar-refractivity contribution in [2.24, 2.45) is 0 Å². The molecule has 1 aliphatic heterocycles. The summed E-state index contributed by atoms with van der Waals surface area (Å²) in [5, 5.41) is 2.79. The van der Waals surface area contributed by atoms with Crippen LogP contribution in [0.25, 0.3) is 0 Å². The molecule has 8 heteroatoms. The zero-order valence-corrected chi connectivity index (χ0v) is 14.1. The fourth-order valence-electron chi connectivity index (χ4n) is 2.86. The molecule has 1 atom stereocenters. The normalized spacial score (nSPS) is 16.6. The summed E-state index contributed by atoms with van der Waals surface area (Å²) in [7, 11) is 1.64. The van der Waals surface area contributed by atoms with Gasteiger partial charge in [0.05, 0.1) is 25.5 Å². The van der Waals surface area contributed by atoms with Gasteiger partial charge < -0.3 is 20.7 Å². The molecule has 0 saturated carbocycles. The van der Waals surface area contributed by atoms with Gasteiger partial charge in [-0.2, -0.15) is 4.98 Å². The van der Waals surface area contributed by atoms with E-state index in [0.29, 0.717) is 18.1 Å². The highest BCUT2D eigenvalue weighted by Crippen LogP contribution is 2.32. The highest BCUT2D eigenvalue weighted by molar-refractivity contribution is 6.02. The van der Waals surface area contributed by atoms with Crippen LogP contribution in [-0.2, 0) is 11.3 Å². The smallest absolute Gasteiger partial charge is 0.247 e. The number of rotatable bonds is 3. The van der Waals surface area contributed by atoms with Gasteiger partial charge in [-0.05, 0) is 20.8 Å². The monoisotopic (exact) mass is 328 g/mol. The zero-order valence-electron chi connectivity index (χ0n) is 14.1. The molecule has 0 aromatic carbocycles. The molecule has 24 heavy (non-hydrogen) atoms. The first-order valence-corrected chi connectivity index (χ1v) is 7.61. The van der Waals surface area contributed by atoms with Crippen LogP contribution < -0.4 is 20.7 Å². The summed E-state index contributed by atoms with van der Waals surface area (Å²) in [6.07, 6.45) is 3.29. The second-order valence-corrected chi connectivity index (χ2v) is 5.80. The Morgan fingerprint density at radius 2 is 2.08 bits per heavy atom. The Bertz CT molecular complexity index is 807. The van der Waals surface area contributed by atoms with Crippen molar-refractivity contribution in [1.82, 2.24) is 15.0 Å². The molecule has 8 nitrogen and oxygen atoms in total. The van der Waals surface area contributed by atoms with Crippen molar-refractivity contribution in [2.45, 2.75) is 33.4 Å². The average Bonchev–Trinajstić information content (AvgIpc) is 2.55. The predicted molar refractivity (Wildman–Crippen MR) is 91.0 cm³/mol. The van der Waals surface area contributed by atoms with E-state index in [1.807, 2.05) is 25.7 Å². The first kappa shape index (κ1) is 16.0. The van der Waals surface area contributed by atoms with E-state index in [9.17, 15) is 4.79 Å². The van der Waals surface area contributed by atoms with Crippen molar-refractivity contribution in [1.29, 1.82) is 0 Å². The molecular formula is C16H20N6O2. The van der Waals surface area contributed by atoms with Crippen LogP contribution in [0.3, 0.4) is 0 Å². The maximum Gasteiger partial charge on any atom is 0.247 e. The van der Waals surface area contributed by atoms with Crippen LogP contribution >= 0.6 is 0 Å². The van der Waals surface area contributed by atoms with Crippen molar-refractivity contribution in [3.8, 4) is 5.75 Å². The molecular weight excluding hydrogens is 308 g/mol. The molecule has 0 spiro atoms. The molecule has 0 saturated heterocycles. The quantitative estimate of drug-likeness (QED) is 0.877. The SMILES string of the molecule is COc1c(C)cnc(CN2c3nc(N)ncc3NC(=O)C2C)c1C. The minimum Gasteiger partial charge on any atom is -0.496 e. The van der Waals surface area contributed by atoms with E-state index in [2.05, 4.69) is 20.3 Å². The van der Waals surface area contributed by atoms with Crippen molar-refractivity contribution in [2.75, 3.05) is 23.1 Å². The topological polar surface area (TPSA) is 106 Å². The molecule has 0 bridgehead atoms. The van der Waals surface area contributed by atoms with Crippen molar-refractivity contribution in [3.63, 3.8) is 0 Å². The molecule has 2 aromatic heterocycles. The number of carbonyl (C=O) groups is 1. The van der Waals surface area contributed by atoms with Gasteiger partial charge in [0.2, 0.25) is 11.9 Å². The van der Waals surface area contributed by atoms with Gasteiger partial charge in [0.25, 0.3) is 0 Å². The Morgan fingerprint density at radius 3 is 2.79 bits per heavy atom. The maximum atomic E-state index is 12.2. The third-order valence-electron chi connectivity index (χ3n) is 4.23. The third-order valence-corrected chi connectivity index (χ3v) is 4.23. The number of anilines is 3. The lowest BCUT2D eigenvalue weighted by molar-refractivity contribution is -0.117. The number of amides is 1. The standard InChI is InChI=1S/C16H20N6O2/c1-8-5-18-12(9(2)13(8)24-4)7-22-10(3)15(23)20-11-6-19-16(17)21-14(11)22/h5-6,10H,7H2,1-4H3,(H,20,23)(H2,17,19,21). The molecule has 1 aliphatic rings. The van der Waals surface area contributed by atoms with Gasteiger partial charge in [0, 0.05) is 17.3 Å². The summed E-state index contributed by atoms with van der Waals surface area (Å²) in [5.41, 5.74) is 8.99. The Morgan fingerprint density at radius 1 is 1.33 bits per heavy atom. The Labute approximate surface area is 140 Å². The molecule has 3 rings (SSSR count). The lowest BCUT2D eigenvalue weighted by Crippen LogP contribution is -2.46. The number of hydrogen-bond donors (Lipinski definition) is 2. The van der Waals surface area contributed by atoms with E-state index in [1.54, 1.807) is 13.3 Å². The van der Waals surface area contributed by atoms with E-state index in [4.69, 9.17) is 10.5 Å². The minimum absolute atomic E-state index is 0.118. The van der Waals surface area contributed by atoms with E-state index < -0.39 is 6.04 Å².